The summed E-state index contributed by atoms with van der Waals surface area (Å²) < 4.78 is 28.2. The molecule has 1 saturated heterocycles. The molecule has 6 nitrogen and oxygen atoms in total. The van der Waals surface area contributed by atoms with Gasteiger partial charge in [0.1, 0.15) is 0 Å². The van der Waals surface area contributed by atoms with Gasteiger partial charge in [-0.25, -0.2) is 8.78 Å². The number of aliphatic hydroxyl groups is 1. The second-order valence-corrected chi connectivity index (χ2v) is 7.30. The van der Waals surface area contributed by atoms with Crippen LogP contribution < -0.4 is 0 Å². The van der Waals surface area contributed by atoms with Gasteiger partial charge in [0.2, 0.25) is 0 Å². The minimum atomic E-state index is -1.49. The summed E-state index contributed by atoms with van der Waals surface area (Å²) in [5, 5.41) is 15.1. The van der Waals surface area contributed by atoms with Crippen LogP contribution in [0.15, 0.2) is 30.6 Å². The molecule has 1 aromatic heterocycles. The Bertz CT molecular complexity index is 826. The molecule has 3 rings (SSSR count). The summed E-state index contributed by atoms with van der Waals surface area (Å²) in [5.41, 5.74) is -0.00550. The normalized spacial score (nSPS) is 20.5. The van der Waals surface area contributed by atoms with Gasteiger partial charge in [0.25, 0.3) is 5.91 Å². The molecule has 0 radical (unpaired) electrons. The van der Waals surface area contributed by atoms with Crippen molar-refractivity contribution < 1.29 is 18.7 Å². The largest absolute Gasteiger partial charge is 0.379 e. The Hall–Kier alpha value is -2.32. The van der Waals surface area contributed by atoms with E-state index in [1.165, 1.54) is 11.0 Å². The number of rotatable bonds is 6. The highest BCUT2D eigenvalue weighted by atomic mass is 19.2. The molecule has 1 atom stereocenters. The molecular formula is C19H24F2N4O2. The van der Waals surface area contributed by atoms with Gasteiger partial charge in [0.15, 0.2) is 17.2 Å². The maximum atomic E-state index is 13.4. The number of nitrogens with zero attached hydrogens (tertiary/aromatic N) is 4. The SMILES string of the molecule is CN(Cc1cnn(C)c1)C[C@]1(O)CCCN(Cc2ccc(F)c(F)c2)C1=O. The average molecular weight is 378 g/mol. The van der Waals surface area contributed by atoms with Crippen LogP contribution in [0.25, 0.3) is 0 Å². The first-order chi connectivity index (χ1) is 12.8. The Labute approximate surface area is 157 Å². The first-order valence-electron chi connectivity index (χ1n) is 8.88. The Balaban J connectivity index is 1.66. The molecule has 0 saturated carbocycles. The number of benzene rings is 1. The van der Waals surface area contributed by atoms with Crippen LogP contribution in [0.5, 0.6) is 0 Å². The van der Waals surface area contributed by atoms with Gasteiger partial charge in [-0.3, -0.25) is 14.4 Å². The van der Waals surface area contributed by atoms with Crippen molar-refractivity contribution >= 4 is 5.91 Å². The molecular weight excluding hydrogens is 354 g/mol. The average Bonchev–Trinajstić information content (AvgIpc) is 3.00. The third-order valence-corrected chi connectivity index (χ3v) is 4.80. The third kappa shape index (κ3) is 4.51. The van der Waals surface area contributed by atoms with Crippen molar-refractivity contribution in [1.29, 1.82) is 0 Å². The van der Waals surface area contributed by atoms with Gasteiger partial charge in [-0.15, -0.1) is 0 Å². The van der Waals surface area contributed by atoms with Gasteiger partial charge in [-0.05, 0) is 37.6 Å². The first-order valence-corrected chi connectivity index (χ1v) is 8.88. The highest BCUT2D eigenvalue weighted by Gasteiger charge is 2.42. The van der Waals surface area contributed by atoms with Crippen molar-refractivity contribution in [3.8, 4) is 0 Å². The van der Waals surface area contributed by atoms with E-state index in [-0.39, 0.29) is 19.0 Å². The lowest BCUT2D eigenvalue weighted by Gasteiger charge is -2.40. The summed E-state index contributed by atoms with van der Waals surface area (Å²) in [7, 11) is 3.67. The number of amides is 1. The number of likely N-dealkylation sites (N-methyl/N-ethyl adjacent to an activating group) is 1. The number of aromatic nitrogens is 2. The van der Waals surface area contributed by atoms with Crippen LogP contribution in [0.1, 0.15) is 24.0 Å². The van der Waals surface area contributed by atoms with E-state index in [9.17, 15) is 18.7 Å². The monoisotopic (exact) mass is 378 g/mol. The van der Waals surface area contributed by atoms with Crippen molar-refractivity contribution in [1.82, 2.24) is 19.6 Å². The lowest BCUT2D eigenvalue weighted by molar-refractivity contribution is -0.160. The van der Waals surface area contributed by atoms with Gasteiger partial charge in [-0.1, -0.05) is 6.07 Å². The van der Waals surface area contributed by atoms with E-state index in [2.05, 4.69) is 5.10 Å². The van der Waals surface area contributed by atoms with E-state index in [1.54, 1.807) is 10.9 Å². The highest BCUT2D eigenvalue weighted by Crippen LogP contribution is 2.26. The van der Waals surface area contributed by atoms with Gasteiger partial charge >= 0.3 is 0 Å². The molecule has 2 aromatic rings. The van der Waals surface area contributed by atoms with E-state index in [1.807, 2.05) is 25.2 Å². The molecule has 2 heterocycles. The Morgan fingerprint density at radius 1 is 1.30 bits per heavy atom. The lowest BCUT2D eigenvalue weighted by atomic mass is 9.90. The maximum Gasteiger partial charge on any atom is 0.256 e. The van der Waals surface area contributed by atoms with Crippen LogP contribution in [0.4, 0.5) is 8.78 Å². The third-order valence-electron chi connectivity index (χ3n) is 4.80. The molecule has 1 N–H and O–H groups in total. The Kier molecular flexibility index (Phi) is 5.57. The highest BCUT2D eigenvalue weighted by molar-refractivity contribution is 5.86. The summed E-state index contributed by atoms with van der Waals surface area (Å²) in [5.74, 6) is -2.24. The zero-order chi connectivity index (χ0) is 19.6. The number of halogens is 2. The summed E-state index contributed by atoms with van der Waals surface area (Å²) in [4.78, 5) is 16.3. The number of likely N-dealkylation sites (tertiary alicyclic amines) is 1. The van der Waals surface area contributed by atoms with Gasteiger partial charge in [0, 0.05) is 45.0 Å². The van der Waals surface area contributed by atoms with E-state index in [0.29, 0.717) is 31.5 Å². The number of hydrogen-bond acceptors (Lipinski definition) is 4. The minimum absolute atomic E-state index is 0.144. The smallest absolute Gasteiger partial charge is 0.256 e. The van der Waals surface area contributed by atoms with Crippen molar-refractivity contribution in [3.05, 3.63) is 53.4 Å². The van der Waals surface area contributed by atoms with Crippen molar-refractivity contribution in [2.24, 2.45) is 7.05 Å². The summed E-state index contributed by atoms with van der Waals surface area (Å²) in [6, 6.07) is 3.59. The molecule has 27 heavy (non-hydrogen) atoms. The number of hydrogen-bond donors (Lipinski definition) is 1. The van der Waals surface area contributed by atoms with Crippen molar-refractivity contribution in [2.75, 3.05) is 20.1 Å². The van der Waals surface area contributed by atoms with E-state index >= 15 is 0 Å². The fourth-order valence-corrected chi connectivity index (χ4v) is 3.59. The first kappa shape index (κ1) is 19.4. The Morgan fingerprint density at radius 3 is 2.74 bits per heavy atom. The van der Waals surface area contributed by atoms with E-state index < -0.39 is 17.2 Å². The van der Waals surface area contributed by atoms with Crippen LogP contribution >= 0.6 is 0 Å². The predicted octanol–water partition coefficient (Wildman–Crippen LogP) is 1.68. The van der Waals surface area contributed by atoms with Crippen LogP contribution in [0.2, 0.25) is 0 Å². The number of aryl methyl sites for hydroxylation is 1. The van der Waals surface area contributed by atoms with Crippen LogP contribution in [-0.2, 0) is 24.9 Å². The molecule has 0 unspecified atom stereocenters. The number of carbonyl (C=O) groups excluding carboxylic acids is 1. The van der Waals surface area contributed by atoms with Gasteiger partial charge < -0.3 is 10.0 Å². The molecule has 1 aromatic carbocycles. The molecule has 0 spiro atoms. The summed E-state index contributed by atoms with van der Waals surface area (Å²) in [6.07, 6.45) is 4.65. The van der Waals surface area contributed by atoms with Gasteiger partial charge in [0.05, 0.1) is 6.20 Å². The summed E-state index contributed by atoms with van der Waals surface area (Å²) >= 11 is 0. The summed E-state index contributed by atoms with van der Waals surface area (Å²) in [6.45, 7) is 1.37. The number of carbonyl (C=O) groups is 1. The van der Waals surface area contributed by atoms with E-state index in [0.717, 1.165) is 17.7 Å². The minimum Gasteiger partial charge on any atom is -0.379 e. The molecule has 8 heteroatoms. The zero-order valence-corrected chi connectivity index (χ0v) is 15.5. The molecule has 1 aliphatic heterocycles. The second-order valence-electron chi connectivity index (χ2n) is 7.30. The fraction of sp³-hybridized carbons (Fsp3) is 0.474. The van der Waals surface area contributed by atoms with Crippen molar-refractivity contribution in [2.45, 2.75) is 31.5 Å². The number of piperidine rings is 1. The molecule has 1 amide bonds. The quantitative estimate of drug-likeness (QED) is 0.831. The predicted molar refractivity (Wildman–Crippen MR) is 95.5 cm³/mol. The zero-order valence-electron chi connectivity index (χ0n) is 15.5. The molecule has 146 valence electrons. The second kappa shape index (κ2) is 7.74. The molecule has 1 fully saturated rings. The fourth-order valence-electron chi connectivity index (χ4n) is 3.59. The van der Waals surface area contributed by atoms with E-state index in [4.69, 9.17) is 0 Å². The molecule has 1 aliphatic rings. The standard InChI is InChI=1S/C19H24F2N4O2/c1-23(10-15-9-22-24(2)11-15)13-19(27)6-3-7-25(18(19)26)12-14-4-5-16(20)17(21)8-14/h4-5,8-9,11,27H,3,6-7,10,12-13H2,1-2H3/t19-/m1/s1. The van der Waals surface area contributed by atoms with Crippen LogP contribution in [-0.4, -0.2) is 56.3 Å². The van der Waals surface area contributed by atoms with Crippen molar-refractivity contribution in [3.63, 3.8) is 0 Å². The van der Waals surface area contributed by atoms with Crippen LogP contribution in [0, 0.1) is 11.6 Å². The molecule has 0 bridgehead atoms. The Morgan fingerprint density at radius 2 is 2.07 bits per heavy atom. The van der Waals surface area contributed by atoms with Crippen LogP contribution in [0.3, 0.4) is 0 Å². The lowest BCUT2D eigenvalue weighted by Crippen LogP contribution is -2.57. The maximum absolute atomic E-state index is 13.4. The topological polar surface area (TPSA) is 61.6 Å². The molecule has 0 aliphatic carbocycles. The van der Waals surface area contributed by atoms with Gasteiger partial charge in [-0.2, -0.15) is 5.10 Å².